The zero-order valence-electron chi connectivity index (χ0n) is 16.6. The zero-order valence-corrected chi connectivity index (χ0v) is 17.4. The Morgan fingerprint density at radius 1 is 1.31 bits per heavy atom. The molecule has 1 fully saturated rings. The Labute approximate surface area is 169 Å². The van der Waals surface area contributed by atoms with Crippen LogP contribution < -0.4 is 15.4 Å². The molecule has 1 aromatic carbocycles. The molecule has 2 rings (SSSR count). The second-order valence-corrected chi connectivity index (χ2v) is 8.79. The number of alkyl halides is 3. The van der Waals surface area contributed by atoms with Crippen LogP contribution in [0.2, 0.25) is 0 Å². The minimum absolute atomic E-state index is 0.116. The van der Waals surface area contributed by atoms with Crippen LogP contribution in [0, 0.1) is 6.92 Å². The number of ether oxygens (including phenoxy) is 1. The molecule has 1 heterocycles. The number of hydrogen-bond acceptors (Lipinski definition) is 4. The summed E-state index contributed by atoms with van der Waals surface area (Å²) in [5.74, 6) is 0.770. The Kier molecular flexibility index (Phi) is 8.14. The number of halogens is 3. The molecule has 0 aromatic heterocycles. The van der Waals surface area contributed by atoms with Gasteiger partial charge in [-0.15, -0.1) is 0 Å². The number of aryl methyl sites for hydroxylation is 1. The predicted octanol–water partition coefficient (Wildman–Crippen LogP) is 2.03. The average Bonchev–Trinajstić information content (AvgIpc) is 2.96. The fraction of sp³-hybridized carbons (Fsp3) is 0.611. The molecule has 0 bridgehead atoms. The monoisotopic (exact) mass is 436 g/mol. The van der Waals surface area contributed by atoms with Gasteiger partial charge in [-0.1, -0.05) is 12.1 Å². The summed E-state index contributed by atoms with van der Waals surface area (Å²) < 4.78 is 67.5. The number of rotatable bonds is 8. The Hall–Kier alpha value is -2.01. The van der Waals surface area contributed by atoms with Gasteiger partial charge in [0.15, 0.2) is 12.6 Å². The van der Waals surface area contributed by atoms with E-state index in [1.807, 2.05) is 6.92 Å². The molecule has 1 aliphatic rings. The maximum Gasteiger partial charge on any atom is 0.422 e. The SMILES string of the molecule is CCNC(=NCc1ccc(C)cc1OCC(F)(F)F)NCCN1CCCS1(=O)=O. The fourth-order valence-corrected chi connectivity index (χ4v) is 4.36. The Bertz CT molecular complexity index is 813. The van der Waals surface area contributed by atoms with E-state index in [4.69, 9.17) is 4.74 Å². The van der Waals surface area contributed by atoms with Crippen molar-refractivity contribution in [2.24, 2.45) is 4.99 Å². The van der Waals surface area contributed by atoms with Crippen molar-refractivity contribution in [1.29, 1.82) is 0 Å². The number of benzene rings is 1. The molecule has 1 aromatic rings. The third-order valence-electron chi connectivity index (χ3n) is 4.22. The molecule has 7 nitrogen and oxygen atoms in total. The maximum absolute atomic E-state index is 12.5. The number of nitrogens with zero attached hydrogens (tertiary/aromatic N) is 2. The van der Waals surface area contributed by atoms with E-state index in [1.165, 1.54) is 4.31 Å². The van der Waals surface area contributed by atoms with E-state index >= 15 is 0 Å². The van der Waals surface area contributed by atoms with Crippen molar-refractivity contribution in [3.63, 3.8) is 0 Å². The third kappa shape index (κ3) is 7.73. The lowest BCUT2D eigenvalue weighted by Crippen LogP contribution is -2.42. The lowest BCUT2D eigenvalue weighted by Gasteiger charge is -2.17. The van der Waals surface area contributed by atoms with Gasteiger partial charge in [0.2, 0.25) is 10.0 Å². The van der Waals surface area contributed by atoms with E-state index in [-0.39, 0.29) is 18.0 Å². The predicted molar refractivity (Wildman–Crippen MR) is 106 cm³/mol. The summed E-state index contributed by atoms with van der Waals surface area (Å²) in [7, 11) is -3.16. The molecule has 0 saturated carbocycles. The van der Waals surface area contributed by atoms with Crippen molar-refractivity contribution in [2.75, 3.05) is 38.5 Å². The molecule has 2 N–H and O–H groups in total. The normalized spacial score (nSPS) is 17.3. The van der Waals surface area contributed by atoms with Gasteiger partial charge in [0, 0.05) is 31.7 Å². The molecule has 0 spiro atoms. The summed E-state index contributed by atoms with van der Waals surface area (Å²) in [6.07, 6.45) is -3.79. The highest BCUT2D eigenvalue weighted by Crippen LogP contribution is 2.24. The molecule has 164 valence electrons. The first-order valence-electron chi connectivity index (χ1n) is 9.40. The number of guanidine groups is 1. The van der Waals surface area contributed by atoms with Gasteiger partial charge < -0.3 is 15.4 Å². The summed E-state index contributed by atoms with van der Waals surface area (Å²) in [5.41, 5.74) is 1.31. The molecule has 0 aliphatic carbocycles. The van der Waals surface area contributed by atoms with Crippen molar-refractivity contribution in [2.45, 2.75) is 33.0 Å². The van der Waals surface area contributed by atoms with Crippen LogP contribution in [0.4, 0.5) is 13.2 Å². The lowest BCUT2D eigenvalue weighted by atomic mass is 10.1. The van der Waals surface area contributed by atoms with Gasteiger partial charge in [-0.3, -0.25) is 0 Å². The summed E-state index contributed by atoms with van der Waals surface area (Å²) in [6.45, 7) is 4.20. The maximum atomic E-state index is 12.5. The van der Waals surface area contributed by atoms with Crippen LogP contribution in [0.15, 0.2) is 23.2 Å². The van der Waals surface area contributed by atoms with Gasteiger partial charge in [0.1, 0.15) is 5.75 Å². The van der Waals surface area contributed by atoms with E-state index < -0.39 is 22.8 Å². The first-order chi connectivity index (χ1) is 13.6. The Morgan fingerprint density at radius 3 is 2.69 bits per heavy atom. The highest BCUT2D eigenvalue weighted by atomic mass is 32.2. The number of aliphatic imine (C=N–C) groups is 1. The van der Waals surface area contributed by atoms with Crippen LogP contribution in [-0.4, -0.2) is 63.4 Å². The van der Waals surface area contributed by atoms with E-state index in [1.54, 1.807) is 25.1 Å². The smallest absolute Gasteiger partial charge is 0.422 e. The minimum atomic E-state index is -4.42. The Morgan fingerprint density at radius 2 is 2.07 bits per heavy atom. The topological polar surface area (TPSA) is 83.0 Å². The molecule has 0 radical (unpaired) electrons. The van der Waals surface area contributed by atoms with E-state index in [2.05, 4.69) is 15.6 Å². The fourth-order valence-electron chi connectivity index (χ4n) is 2.83. The largest absolute Gasteiger partial charge is 0.484 e. The summed E-state index contributed by atoms with van der Waals surface area (Å²) in [4.78, 5) is 4.38. The highest BCUT2D eigenvalue weighted by Gasteiger charge is 2.29. The quantitative estimate of drug-likeness (QED) is 0.481. The molecule has 0 atom stereocenters. The second-order valence-electron chi connectivity index (χ2n) is 6.71. The van der Waals surface area contributed by atoms with E-state index in [0.717, 1.165) is 5.56 Å². The van der Waals surface area contributed by atoms with Crippen molar-refractivity contribution in [1.82, 2.24) is 14.9 Å². The molecule has 1 aliphatic heterocycles. The van der Waals surface area contributed by atoms with Crippen LogP contribution in [0.5, 0.6) is 5.75 Å². The van der Waals surface area contributed by atoms with E-state index in [9.17, 15) is 21.6 Å². The van der Waals surface area contributed by atoms with Gasteiger partial charge in [-0.2, -0.15) is 13.2 Å². The van der Waals surface area contributed by atoms with Gasteiger partial charge >= 0.3 is 6.18 Å². The van der Waals surface area contributed by atoms with Gasteiger partial charge in [-0.25, -0.2) is 17.7 Å². The lowest BCUT2D eigenvalue weighted by molar-refractivity contribution is -0.153. The third-order valence-corrected chi connectivity index (χ3v) is 6.18. The molecule has 1 saturated heterocycles. The standard InChI is InChI=1S/C18H27F3N4O3S/c1-3-22-17(23-7-9-25-8-4-10-29(25,26)27)24-12-15-6-5-14(2)11-16(15)28-13-18(19,20)21/h5-6,11H,3-4,7-10,12-13H2,1-2H3,(H2,22,23,24). The van der Waals surface area contributed by atoms with E-state index in [0.29, 0.717) is 44.1 Å². The van der Waals surface area contributed by atoms with Gasteiger partial charge in [0.25, 0.3) is 0 Å². The van der Waals surface area contributed by atoms with Crippen molar-refractivity contribution in [3.05, 3.63) is 29.3 Å². The average molecular weight is 437 g/mol. The summed E-state index contributed by atoms with van der Waals surface area (Å²) in [5, 5.41) is 6.09. The van der Waals surface area contributed by atoms with Crippen LogP contribution in [-0.2, 0) is 16.6 Å². The molecular formula is C18H27F3N4O3S. The number of sulfonamides is 1. The first kappa shape index (κ1) is 23.3. The first-order valence-corrected chi connectivity index (χ1v) is 11.0. The van der Waals surface area contributed by atoms with Gasteiger partial charge in [-0.05, 0) is 31.9 Å². The number of hydrogen-bond donors (Lipinski definition) is 2. The van der Waals surface area contributed by atoms with Crippen LogP contribution in [0.25, 0.3) is 0 Å². The molecule has 29 heavy (non-hydrogen) atoms. The van der Waals surface area contributed by atoms with Crippen molar-refractivity contribution in [3.8, 4) is 5.75 Å². The minimum Gasteiger partial charge on any atom is -0.484 e. The van der Waals surface area contributed by atoms with Crippen LogP contribution in [0.3, 0.4) is 0 Å². The summed E-state index contributed by atoms with van der Waals surface area (Å²) in [6, 6.07) is 5.02. The molecular weight excluding hydrogens is 409 g/mol. The van der Waals surface area contributed by atoms with Crippen molar-refractivity contribution >= 4 is 16.0 Å². The molecule has 0 amide bonds. The second kappa shape index (κ2) is 10.1. The summed E-state index contributed by atoms with van der Waals surface area (Å²) >= 11 is 0. The van der Waals surface area contributed by atoms with Gasteiger partial charge in [0.05, 0.1) is 12.3 Å². The van der Waals surface area contributed by atoms with Crippen LogP contribution >= 0.6 is 0 Å². The highest BCUT2D eigenvalue weighted by molar-refractivity contribution is 7.89. The zero-order chi connectivity index (χ0) is 21.5. The van der Waals surface area contributed by atoms with Crippen LogP contribution in [0.1, 0.15) is 24.5 Å². The van der Waals surface area contributed by atoms with Crippen molar-refractivity contribution < 1.29 is 26.3 Å². The number of nitrogens with one attached hydrogen (secondary N) is 2. The molecule has 11 heteroatoms. The Balaban J connectivity index is 2.00. The molecule has 0 unspecified atom stereocenters.